The molecule has 1 aliphatic heterocycles. The predicted molar refractivity (Wildman–Crippen MR) is 94.0 cm³/mol. The Bertz CT molecular complexity index is 710. The SMILES string of the molecule is Cl.FC(F)(F)c1cccnc1CN1CCNCC1c1cccc(Cl)c1. The van der Waals surface area contributed by atoms with Gasteiger partial charge in [-0.1, -0.05) is 23.7 Å². The van der Waals surface area contributed by atoms with Crippen LogP contribution in [0.15, 0.2) is 42.6 Å². The Hall–Kier alpha value is -1.34. The molecule has 1 aliphatic rings. The van der Waals surface area contributed by atoms with Crippen LogP contribution in [0.2, 0.25) is 5.02 Å². The molecule has 1 unspecified atom stereocenters. The number of alkyl halides is 3. The van der Waals surface area contributed by atoms with E-state index in [4.69, 9.17) is 11.6 Å². The number of halogens is 5. The molecule has 1 fully saturated rings. The summed E-state index contributed by atoms with van der Waals surface area (Å²) in [7, 11) is 0. The molecule has 1 atom stereocenters. The summed E-state index contributed by atoms with van der Waals surface area (Å²) < 4.78 is 39.6. The van der Waals surface area contributed by atoms with Gasteiger partial charge >= 0.3 is 6.18 Å². The summed E-state index contributed by atoms with van der Waals surface area (Å²) in [4.78, 5) is 5.99. The number of hydrogen-bond donors (Lipinski definition) is 1. The van der Waals surface area contributed by atoms with Crippen LogP contribution < -0.4 is 5.32 Å². The number of benzene rings is 1. The highest BCUT2D eigenvalue weighted by Crippen LogP contribution is 2.33. The molecule has 0 saturated carbocycles. The van der Waals surface area contributed by atoms with Crippen molar-refractivity contribution in [3.63, 3.8) is 0 Å². The zero-order valence-corrected chi connectivity index (χ0v) is 14.8. The summed E-state index contributed by atoms with van der Waals surface area (Å²) in [6, 6.07) is 9.80. The van der Waals surface area contributed by atoms with Crippen molar-refractivity contribution >= 4 is 24.0 Å². The molecule has 3 rings (SSSR count). The van der Waals surface area contributed by atoms with Gasteiger partial charge in [-0.05, 0) is 29.8 Å². The Labute approximate surface area is 155 Å². The lowest BCUT2D eigenvalue weighted by atomic mass is 10.0. The van der Waals surface area contributed by atoms with Gasteiger partial charge in [0.05, 0.1) is 11.3 Å². The third-order valence-corrected chi connectivity index (χ3v) is 4.37. The molecule has 25 heavy (non-hydrogen) atoms. The first kappa shape index (κ1) is 20.0. The fourth-order valence-corrected chi connectivity index (χ4v) is 3.19. The van der Waals surface area contributed by atoms with Crippen LogP contribution in [0.3, 0.4) is 0 Å². The molecule has 2 aromatic rings. The van der Waals surface area contributed by atoms with E-state index in [0.717, 1.165) is 18.2 Å². The molecule has 1 aromatic carbocycles. The van der Waals surface area contributed by atoms with Gasteiger partial charge in [0.2, 0.25) is 0 Å². The van der Waals surface area contributed by atoms with E-state index in [1.807, 2.05) is 23.1 Å². The molecule has 1 aromatic heterocycles. The molecule has 0 spiro atoms. The van der Waals surface area contributed by atoms with Crippen LogP contribution in [0, 0.1) is 0 Å². The smallest absolute Gasteiger partial charge is 0.314 e. The molecule has 1 saturated heterocycles. The summed E-state index contributed by atoms with van der Waals surface area (Å²) in [6.45, 7) is 2.18. The second kappa shape index (κ2) is 8.36. The van der Waals surface area contributed by atoms with E-state index in [9.17, 15) is 13.2 Å². The predicted octanol–water partition coefficient (Wildman–Crippen LogP) is 4.32. The van der Waals surface area contributed by atoms with E-state index < -0.39 is 11.7 Å². The van der Waals surface area contributed by atoms with Crippen LogP contribution in [-0.2, 0) is 12.7 Å². The average molecular weight is 392 g/mol. The summed E-state index contributed by atoms with van der Waals surface area (Å²) >= 11 is 6.06. The van der Waals surface area contributed by atoms with Crippen molar-refractivity contribution in [1.29, 1.82) is 0 Å². The van der Waals surface area contributed by atoms with Crippen LogP contribution in [0.4, 0.5) is 13.2 Å². The summed E-state index contributed by atoms with van der Waals surface area (Å²) in [5.41, 5.74) is 0.367. The first-order valence-corrected chi connectivity index (χ1v) is 8.04. The number of rotatable bonds is 3. The largest absolute Gasteiger partial charge is 0.418 e. The first-order chi connectivity index (χ1) is 11.4. The third-order valence-electron chi connectivity index (χ3n) is 4.14. The molecule has 0 amide bonds. The van der Waals surface area contributed by atoms with Crippen LogP contribution in [0.5, 0.6) is 0 Å². The zero-order chi connectivity index (χ0) is 17.2. The van der Waals surface area contributed by atoms with E-state index in [-0.39, 0.29) is 30.7 Å². The lowest BCUT2D eigenvalue weighted by Gasteiger charge is -2.36. The Balaban J connectivity index is 0.00000225. The van der Waals surface area contributed by atoms with Crippen LogP contribution in [0.25, 0.3) is 0 Å². The van der Waals surface area contributed by atoms with Gasteiger partial charge in [0, 0.05) is 43.4 Å². The van der Waals surface area contributed by atoms with Gasteiger partial charge < -0.3 is 5.32 Å². The molecule has 0 aliphatic carbocycles. The maximum absolute atomic E-state index is 13.2. The quantitative estimate of drug-likeness (QED) is 0.844. The Morgan fingerprint density at radius 3 is 2.76 bits per heavy atom. The Morgan fingerprint density at radius 1 is 1.24 bits per heavy atom. The summed E-state index contributed by atoms with van der Waals surface area (Å²) in [5.74, 6) is 0. The molecular weight excluding hydrogens is 374 g/mol. The highest BCUT2D eigenvalue weighted by atomic mass is 35.5. The van der Waals surface area contributed by atoms with Gasteiger partial charge in [-0.15, -0.1) is 12.4 Å². The van der Waals surface area contributed by atoms with Crippen molar-refractivity contribution in [1.82, 2.24) is 15.2 Å². The first-order valence-electron chi connectivity index (χ1n) is 7.66. The van der Waals surface area contributed by atoms with E-state index in [1.54, 1.807) is 6.07 Å². The minimum Gasteiger partial charge on any atom is -0.314 e. The molecule has 3 nitrogen and oxygen atoms in total. The molecular formula is C17H18Cl2F3N3. The van der Waals surface area contributed by atoms with E-state index in [1.165, 1.54) is 12.3 Å². The van der Waals surface area contributed by atoms with E-state index in [0.29, 0.717) is 18.1 Å². The maximum atomic E-state index is 13.2. The zero-order valence-electron chi connectivity index (χ0n) is 13.3. The van der Waals surface area contributed by atoms with Gasteiger partial charge in [0.1, 0.15) is 0 Å². The topological polar surface area (TPSA) is 28.2 Å². The third kappa shape index (κ3) is 4.85. The standard InChI is InChI=1S/C17H17ClF3N3.ClH/c18-13-4-1-3-12(9-13)16-10-22-7-8-24(16)11-15-14(17(19,20)21)5-2-6-23-15;/h1-6,9,16,22H,7-8,10-11H2;1H. The Kier molecular flexibility index (Phi) is 6.68. The van der Waals surface area contributed by atoms with E-state index >= 15 is 0 Å². The number of piperazine rings is 1. The van der Waals surface area contributed by atoms with Crippen molar-refractivity contribution in [2.24, 2.45) is 0 Å². The van der Waals surface area contributed by atoms with Crippen molar-refractivity contribution in [3.05, 3.63) is 64.4 Å². The van der Waals surface area contributed by atoms with Gasteiger partial charge in [-0.2, -0.15) is 13.2 Å². The van der Waals surface area contributed by atoms with Crippen LogP contribution >= 0.6 is 24.0 Å². The minimum absolute atomic E-state index is 0. The number of hydrogen-bond acceptors (Lipinski definition) is 3. The number of nitrogens with one attached hydrogen (secondary N) is 1. The maximum Gasteiger partial charge on any atom is 0.418 e. The van der Waals surface area contributed by atoms with Gasteiger partial charge in [0.25, 0.3) is 0 Å². The van der Waals surface area contributed by atoms with Gasteiger partial charge in [-0.3, -0.25) is 9.88 Å². The van der Waals surface area contributed by atoms with Crippen molar-refractivity contribution < 1.29 is 13.2 Å². The molecule has 136 valence electrons. The number of nitrogens with zero attached hydrogens (tertiary/aromatic N) is 2. The normalized spacial score (nSPS) is 18.6. The number of aromatic nitrogens is 1. The molecule has 0 bridgehead atoms. The van der Waals surface area contributed by atoms with E-state index in [2.05, 4.69) is 10.3 Å². The van der Waals surface area contributed by atoms with Gasteiger partial charge in [0.15, 0.2) is 0 Å². The number of pyridine rings is 1. The lowest BCUT2D eigenvalue weighted by molar-refractivity contribution is -0.138. The minimum atomic E-state index is -4.40. The van der Waals surface area contributed by atoms with Crippen LogP contribution in [0.1, 0.15) is 22.9 Å². The fourth-order valence-electron chi connectivity index (χ4n) is 2.99. The van der Waals surface area contributed by atoms with Crippen molar-refractivity contribution in [3.8, 4) is 0 Å². The highest BCUT2D eigenvalue weighted by molar-refractivity contribution is 6.30. The highest BCUT2D eigenvalue weighted by Gasteiger charge is 2.35. The fraction of sp³-hybridized carbons (Fsp3) is 0.353. The summed E-state index contributed by atoms with van der Waals surface area (Å²) in [5, 5.41) is 3.90. The van der Waals surface area contributed by atoms with Crippen LogP contribution in [-0.4, -0.2) is 29.5 Å². The second-order valence-corrected chi connectivity index (χ2v) is 6.18. The molecule has 1 N–H and O–H groups in total. The molecule has 8 heteroatoms. The monoisotopic (exact) mass is 391 g/mol. The van der Waals surface area contributed by atoms with Crippen molar-refractivity contribution in [2.45, 2.75) is 18.8 Å². The Morgan fingerprint density at radius 2 is 2.04 bits per heavy atom. The van der Waals surface area contributed by atoms with Crippen molar-refractivity contribution in [2.75, 3.05) is 19.6 Å². The molecule has 0 radical (unpaired) electrons. The second-order valence-electron chi connectivity index (χ2n) is 5.74. The lowest BCUT2D eigenvalue weighted by Crippen LogP contribution is -2.45. The summed E-state index contributed by atoms with van der Waals surface area (Å²) in [6.07, 6.45) is -3.00. The average Bonchev–Trinajstić information content (AvgIpc) is 2.55. The molecule has 2 heterocycles. The van der Waals surface area contributed by atoms with Gasteiger partial charge in [-0.25, -0.2) is 0 Å².